The molecule has 3 aromatic rings. The van der Waals surface area contributed by atoms with Crippen LogP contribution in [0.5, 0.6) is 5.75 Å². The van der Waals surface area contributed by atoms with Crippen LogP contribution in [0.25, 0.3) is 11.1 Å². The van der Waals surface area contributed by atoms with Crippen molar-refractivity contribution >= 4 is 15.7 Å². The third kappa shape index (κ3) is 3.72. The molecule has 1 aliphatic carbocycles. The second-order valence-electron chi connectivity index (χ2n) is 8.52. The average Bonchev–Trinajstić information content (AvgIpc) is 3.03. The molecule has 0 saturated heterocycles. The largest absolute Gasteiger partial charge is 0.486 e. The van der Waals surface area contributed by atoms with Gasteiger partial charge >= 0.3 is 0 Å². The Bertz CT molecular complexity index is 1170. The van der Waals surface area contributed by atoms with E-state index in [4.69, 9.17) is 4.74 Å². The van der Waals surface area contributed by atoms with Gasteiger partial charge < -0.3 is 4.74 Å². The van der Waals surface area contributed by atoms with E-state index in [2.05, 4.69) is 0 Å². The van der Waals surface area contributed by atoms with Crippen molar-refractivity contribution in [3.63, 3.8) is 0 Å². The molecule has 0 amide bonds. The van der Waals surface area contributed by atoms with Crippen LogP contribution in [0.4, 0.5) is 5.69 Å². The van der Waals surface area contributed by atoms with E-state index in [0.29, 0.717) is 16.3 Å². The molecule has 1 heterocycles. The van der Waals surface area contributed by atoms with Crippen molar-refractivity contribution in [1.82, 2.24) is 0 Å². The fourth-order valence-electron chi connectivity index (χ4n) is 4.73. The lowest BCUT2D eigenvalue weighted by Crippen LogP contribution is -2.51. The van der Waals surface area contributed by atoms with Crippen molar-refractivity contribution in [3.8, 4) is 16.9 Å². The van der Waals surface area contributed by atoms with Gasteiger partial charge in [-0.2, -0.15) is 0 Å². The van der Waals surface area contributed by atoms with Gasteiger partial charge in [-0.3, -0.25) is 4.31 Å². The van der Waals surface area contributed by atoms with E-state index in [1.165, 1.54) is 0 Å². The van der Waals surface area contributed by atoms with Crippen molar-refractivity contribution in [1.29, 1.82) is 0 Å². The highest BCUT2D eigenvalue weighted by Crippen LogP contribution is 2.45. The Labute approximate surface area is 184 Å². The molecule has 0 N–H and O–H groups in total. The minimum Gasteiger partial charge on any atom is -0.486 e. The van der Waals surface area contributed by atoms with Crippen molar-refractivity contribution < 1.29 is 13.2 Å². The first-order chi connectivity index (χ1) is 15.0. The second kappa shape index (κ2) is 8.04. The maximum Gasteiger partial charge on any atom is 0.264 e. The van der Waals surface area contributed by atoms with Crippen LogP contribution in [0.3, 0.4) is 0 Å². The maximum atomic E-state index is 13.9. The van der Waals surface area contributed by atoms with Crippen LogP contribution in [0.1, 0.15) is 37.7 Å². The van der Waals surface area contributed by atoms with Crippen LogP contribution < -0.4 is 9.04 Å². The number of hydrogen-bond acceptors (Lipinski definition) is 3. The third-order valence-electron chi connectivity index (χ3n) is 6.38. The van der Waals surface area contributed by atoms with Gasteiger partial charge in [0.1, 0.15) is 11.9 Å². The normalized spacial score (nSPS) is 20.9. The minimum atomic E-state index is -3.72. The number of ether oxygens (including phenoxy) is 1. The van der Waals surface area contributed by atoms with Gasteiger partial charge in [0.15, 0.2) is 0 Å². The molecule has 3 aromatic carbocycles. The molecule has 2 atom stereocenters. The summed E-state index contributed by atoms with van der Waals surface area (Å²) in [7, 11) is -3.72. The van der Waals surface area contributed by atoms with E-state index in [1.807, 2.05) is 67.6 Å². The quantitative estimate of drug-likeness (QED) is 0.513. The molecule has 2 aliphatic rings. The smallest absolute Gasteiger partial charge is 0.264 e. The van der Waals surface area contributed by atoms with Gasteiger partial charge in [-0.25, -0.2) is 8.42 Å². The Kier molecular flexibility index (Phi) is 5.22. The molecule has 1 saturated carbocycles. The van der Waals surface area contributed by atoms with Crippen molar-refractivity contribution in [3.05, 3.63) is 78.4 Å². The standard InChI is InChI=1S/C26H27NO3S/c1-19-12-15-22(16-13-19)31(28,29)27-23-10-6-3-7-11-25(23)30-26-17-14-21(18-24(26)27)20-8-4-2-5-9-20/h2,4-5,8-9,12-18,23,25H,3,6-7,10-11H2,1H3/t23-,25-/m1/s1. The maximum absolute atomic E-state index is 13.9. The van der Waals surface area contributed by atoms with Crippen LogP contribution >= 0.6 is 0 Å². The highest BCUT2D eigenvalue weighted by molar-refractivity contribution is 7.92. The SMILES string of the molecule is Cc1ccc(S(=O)(=O)N2c3cc(-c4ccccc4)ccc3O[C@@H]3CCCCC[C@H]32)cc1. The van der Waals surface area contributed by atoms with Gasteiger partial charge in [-0.15, -0.1) is 0 Å². The zero-order valence-corrected chi connectivity index (χ0v) is 18.5. The van der Waals surface area contributed by atoms with Crippen LogP contribution in [0.2, 0.25) is 0 Å². The van der Waals surface area contributed by atoms with E-state index in [9.17, 15) is 8.42 Å². The lowest BCUT2D eigenvalue weighted by atomic mass is 10.00. The summed E-state index contributed by atoms with van der Waals surface area (Å²) in [6, 6.07) is 22.9. The summed E-state index contributed by atoms with van der Waals surface area (Å²) in [5, 5.41) is 0. The highest BCUT2D eigenvalue weighted by Gasteiger charge is 2.43. The summed E-state index contributed by atoms with van der Waals surface area (Å²) in [6.45, 7) is 1.97. The van der Waals surface area contributed by atoms with Crippen LogP contribution in [-0.2, 0) is 10.0 Å². The highest BCUT2D eigenvalue weighted by atomic mass is 32.2. The monoisotopic (exact) mass is 433 g/mol. The molecule has 160 valence electrons. The molecular weight excluding hydrogens is 406 g/mol. The third-order valence-corrected chi connectivity index (χ3v) is 8.23. The van der Waals surface area contributed by atoms with Gasteiger partial charge in [-0.1, -0.05) is 66.9 Å². The Hall–Kier alpha value is -2.79. The van der Waals surface area contributed by atoms with E-state index < -0.39 is 10.0 Å². The molecule has 0 spiro atoms. The van der Waals surface area contributed by atoms with Gasteiger partial charge in [0.2, 0.25) is 0 Å². The van der Waals surface area contributed by atoms with Gasteiger partial charge in [0, 0.05) is 0 Å². The van der Waals surface area contributed by atoms with Crippen molar-refractivity contribution in [2.45, 2.75) is 56.1 Å². The van der Waals surface area contributed by atoms with E-state index in [-0.39, 0.29) is 12.1 Å². The van der Waals surface area contributed by atoms with E-state index in [1.54, 1.807) is 16.4 Å². The lowest BCUT2D eigenvalue weighted by Gasteiger charge is -2.42. The number of nitrogens with zero attached hydrogens (tertiary/aromatic N) is 1. The second-order valence-corrected chi connectivity index (χ2v) is 10.3. The van der Waals surface area contributed by atoms with Crippen molar-refractivity contribution in [2.24, 2.45) is 0 Å². The molecule has 5 heteroatoms. The number of fused-ring (bicyclic) bond motifs is 2. The Morgan fingerprint density at radius 3 is 2.35 bits per heavy atom. The number of benzene rings is 3. The summed E-state index contributed by atoms with van der Waals surface area (Å²) < 4.78 is 35.9. The average molecular weight is 434 g/mol. The summed E-state index contributed by atoms with van der Waals surface area (Å²) in [5.74, 6) is 0.651. The molecular formula is C26H27NO3S. The van der Waals surface area contributed by atoms with Crippen LogP contribution in [0.15, 0.2) is 77.7 Å². The molecule has 0 unspecified atom stereocenters. The number of hydrogen-bond donors (Lipinski definition) is 0. The Balaban J connectivity index is 1.67. The molecule has 0 bridgehead atoms. The molecule has 0 radical (unpaired) electrons. The minimum absolute atomic E-state index is 0.113. The van der Waals surface area contributed by atoms with Gasteiger partial charge in [0.25, 0.3) is 10.0 Å². The van der Waals surface area contributed by atoms with Crippen molar-refractivity contribution in [2.75, 3.05) is 4.31 Å². The topological polar surface area (TPSA) is 46.6 Å². The summed E-state index contributed by atoms with van der Waals surface area (Å²) >= 11 is 0. The summed E-state index contributed by atoms with van der Waals surface area (Å²) in [6.07, 6.45) is 4.77. The summed E-state index contributed by atoms with van der Waals surface area (Å²) in [5.41, 5.74) is 3.73. The summed E-state index contributed by atoms with van der Waals surface area (Å²) in [4.78, 5) is 0.332. The zero-order valence-electron chi connectivity index (χ0n) is 17.7. The molecule has 5 rings (SSSR count). The van der Waals surface area contributed by atoms with Crippen LogP contribution in [-0.4, -0.2) is 20.6 Å². The number of sulfonamides is 1. The predicted octanol–water partition coefficient (Wildman–Crippen LogP) is 5.95. The van der Waals surface area contributed by atoms with E-state index in [0.717, 1.165) is 48.8 Å². The first-order valence-corrected chi connectivity index (χ1v) is 12.5. The molecule has 4 nitrogen and oxygen atoms in total. The fraction of sp³-hybridized carbons (Fsp3) is 0.308. The Morgan fingerprint density at radius 1 is 0.839 bits per heavy atom. The predicted molar refractivity (Wildman–Crippen MR) is 124 cm³/mol. The lowest BCUT2D eigenvalue weighted by molar-refractivity contribution is 0.152. The number of rotatable bonds is 3. The first-order valence-electron chi connectivity index (χ1n) is 11.0. The molecule has 1 fully saturated rings. The number of aryl methyl sites for hydroxylation is 1. The van der Waals surface area contributed by atoms with Crippen LogP contribution in [0, 0.1) is 6.92 Å². The van der Waals surface area contributed by atoms with Gasteiger partial charge in [0.05, 0.1) is 16.6 Å². The molecule has 31 heavy (non-hydrogen) atoms. The number of anilines is 1. The Morgan fingerprint density at radius 2 is 1.58 bits per heavy atom. The van der Waals surface area contributed by atoms with Gasteiger partial charge in [-0.05, 0) is 61.6 Å². The fourth-order valence-corrected chi connectivity index (χ4v) is 6.44. The molecule has 0 aromatic heterocycles. The molecule has 1 aliphatic heterocycles. The zero-order chi connectivity index (χ0) is 21.4. The first kappa shape index (κ1) is 20.1. The van der Waals surface area contributed by atoms with E-state index >= 15 is 0 Å².